The highest BCUT2D eigenvalue weighted by Gasteiger charge is 2.28. The molecule has 0 aromatic heterocycles. The number of carboxylic acids is 1. The summed E-state index contributed by atoms with van der Waals surface area (Å²) in [6.07, 6.45) is 23.0. The van der Waals surface area contributed by atoms with Crippen molar-refractivity contribution >= 4 is 34.5 Å². The Kier molecular flexibility index (Phi) is 19.1. The van der Waals surface area contributed by atoms with Crippen molar-refractivity contribution in [2.24, 2.45) is 5.92 Å². The molecule has 0 heterocycles. The summed E-state index contributed by atoms with van der Waals surface area (Å²) in [6.45, 7) is 4.33. The van der Waals surface area contributed by atoms with Crippen LogP contribution in [-0.2, 0) is 4.79 Å². The highest BCUT2D eigenvalue weighted by atomic mass is 79.9. The van der Waals surface area contributed by atoms with Crippen LogP contribution >= 0.6 is 28.6 Å². The summed E-state index contributed by atoms with van der Waals surface area (Å²) >= 11 is 8.35. The van der Waals surface area contributed by atoms with Crippen LogP contribution in [0.1, 0.15) is 117 Å². The Bertz CT molecular complexity index is 400. The average Bonchev–Trinajstić information content (AvgIpc) is 2.67. The van der Waals surface area contributed by atoms with E-state index in [1.54, 1.807) is 0 Å². The van der Waals surface area contributed by atoms with Gasteiger partial charge in [-0.3, -0.25) is 4.79 Å². The molecule has 0 aromatic carbocycles. The Morgan fingerprint density at radius 1 is 0.893 bits per heavy atom. The van der Waals surface area contributed by atoms with Crippen LogP contribution in [0.2, 0.25) is 0 Å². The first-order valence-electron chi connectivity index (χ1n) is 11.7. The highest BCUT2D eigenvalue weighted by Crippen LogP contribution is 2.37. The minimum Gasteiger partial charge on any atom is -0.481 e. The predicted octanol–water partition coefficient (Wildman–Crippen LogP) is 8.59. The maximum absolute atomic E-state index is 11.4. The quantitative estimate of drug-likeness (QED) is 0.0797. The molecule has 28 heavy (non-hydrogen) atoms. The van der Waals surface area contributed by atoms with Gasteiger partial charge in [0.2, 0.25) is 0 Å². The second-order valence-corrected chi connectivity index (χ2v) is 10.4. The number of halogens is 1. The van der Waals surface area contributed by atoms with E-state index in [0.29, 0.717) is 0 Å². The minimum atomic E-state index is -0.636. The zero-order valence-corrected chi connectivity index (χ0v) is 20.9. The van der Waals surface area contributed by atoms with Gasteiger partial charge in [-0.25, -0.2) is 0 Å². The predicted molar refractivity (Wildman–Crippen MR) is 131 cm³/mol. The fraction of sp³-hybridized carbons (Fsp3) is 0.875. The lowest BCUT2D eigenvalue weighted by Crippen LogP contribution is -2.24. The molecular formula is C24H45BrO2S. The summed E-state index contributed by atoms with van der Waals surface area (Å²) in [5, 5.41) is 9.42. The van der Waals surface area contributed by atoms with Crippen molar-refractivity contribution in [1.82, 2.24) is 0 Å². The fourth-order valence-corrected chi connectivity index (χ4v) is 4.71. The molecule has 0 spiro atoms. The van der Waals surface area contributed by atoms with Crippen molar-refractivity contribution in [3.05, 3.63) is 12.2 Å². The summed E-state index contributed by atoms with van der Waals surface area (Å²) in [5.41, 5.74) is 0. The lowest BCUT2D eigenvalue weighted by atomic mass is 9.87. The Balaban J connectivity index is 4.15. The maximum Gasteiger partial charge on any atom is 0.306 e. The minimum absolute atomic E-state index is 0.0737. The zero-order valence-electron chi connectivity index (χ0n) is 18.4. The van der Waals surface area contributed by atoms with Crippen molar-refractivity contribution in [3.8, 4) is 0 Å². The molecule has 0 radical (unpaired) electrons. The summed E-state index contributed by atoms with van der Waals surface area (Å²) in [4.78, 5) is 11.4. The third kappa shape index (κ3) is 15.9. The zero-order chi connectivity index (χ0) is 21.1. The molecule has 0 unspecified atom stereocenters. The molecule has 0 bridgehead atoms. The van der Waals surface area contributed by atoms with Gasteiger partial charge in [-0.15, -0.1) is 0 Å². The lowest BCUT2D eigenvalue weighted by Gasteiger charge is -2.29. The van der Waals surface area contributed by atoms with Crippen LogP contribution in [0.4, 0.5) is 0 Å². The largest absolute Gasteiger partial charge is 0.481 e. The molecule has 0 aliphatic heterocycles. The van der Waals surface area contributed by atoms with Crippen molar-refractivity contribution in [2.45, 2.75) is 121 Å². The Morgan fingerprint density at radius 3 is 2.11 bits per heavy atom. The molecule has 0 rings (SSSR count). The number of allylic oxidation sites excluding steroid dienone is 2. The maximum atomic E-state index is 11.4. The second kappa shape index (κ2) is 19.0. The van der Waals surface area contributed by atoms with E-state index in [0.717, 1.165) is 63.5 Å². The van der Waals surface area contributed by atoms with Gasteiger partial charge in [-0.2, -0.15) is 12.6 Å². The monoisotopic (exact) mass is 476 g/mol. The number of carbonyl (C=O) groups is 1. The van der Waals surface area contributed by atoms with Gasteiger partial charge in [-0.05, 0) is 70.0 Å². The number of aliphatic carboxylic acids is 1. The molecule has 0 fully saturated rings. The Hall–Kier alpha value is 0.0400. The smallest absolute Gasteiger partial charge is 0.306 e. The van der Waals surface area contributed by atoms with Crippen molar-refractivity contribution in [2.75, 3.05) is 5.75 Å². The van der Waals surface area contributed by atoms with Gasteiger partial charge >= 0.3 is 5.97 Å². The van der Waals surface area contributed by atoms with Gasteiger partial charge in [0, 0.05) is 4.32 Å². The van der Waals surface area contributed by atoms with Crippen LogP contribution in [0.15, 0.2) is 12.2 Å². The summed E-state index contributed by atoms with van der Waals surface area (Å²) in [6, 6.07) is 0. The van der Waals surface area contributed by atoms with Gasteiger partial charge < -0.3 is 5.11 Å². The average molecular weight is 478 g/mol. The highest BCUT2D eigenvalue weighted by molar-refractivity contribution is 9.10. The molecule has 0 amide bonds. The molecule has 2 atom stereocenters. The van der Waals surface area contributed by atoms with Gasteiger partial charge in [0.15, 0.2) is 0 Å². The summed E-state index contributed by atoms with van der Waals surface area (Å²) < 4.78 is 0.0737. The Labute approximate surface area is 188 Å². The van der Waals surface area contributed by atoms with E-state index in [4.69, 9.17) is 0 Å². The van der Waals surface area contributed by atoms with E-state index in [1.165, 1.54) is 44.9 Å². The molecule has 1 N–H and O–H groups in total. The van der Waals surface area contributed by atoms with Crippen molar-refractivity contribution in [1.29, 1.82) is 0 Å². The molecule has 166 valence electrons. The van der Waals surface area contributed by atoms with E-state index >= 15 is 0 Å². The van der Waals surface area contributed by atoms with Crippen LogP contribution in [-0.4, -0.2) is 21.2 Å². The summed E-state index contributed by atoms with van der Waals surface area (Å²) in [7, 11) is 0. The van der Waals surface area contributed by atoms with E-state index in [9.17, 15) is 9.90 Å². The van der Waals surface area contributed by atoms with Crippen LogP contribution in [0.5, 0.6) is 0 Å². The molecule has 4 heteroatoms. The molecule has 0 aliphatic rings. The van der Waals surface area contributed by atoms with Crippen LogP contribution in [0.25, 0.3) is 0 Å². The number of unbranched alkanes of at least 4 members (excludes halogenated alkanes) is 7. The standard InChI is InChI=1S/C24H45BrO2S/c1-3-5-6-7-8-9-10-11-12-13-14-18-24(25,19-15-21-28)20-17-22(16-4-2)23(26)27/h11-12,22,28H,3-10,13-21H2,1-2H3,(H,26,27)/b12-11-/t22-,24+/m0/s1. The van der Waals surface area contributed by atoms with E-state index < -0.39 is 5.97 Å². The van der Waals surface area contributed by atoms with Crippen molar-refractivity contribution < 1.29 is 9.90 Å². The molecule has 0 aromatic rings. The van der Waals surface area contributed by atoms with Gasteiger partial charge in [-0.1, -0.05) is 80.5 Å². The third-order valence-electron chi connectivity index (χ3n) is 5.60. The number of carboxylic acid groups (broad SMARTS) is 1. The third-order valence-corrected chi connectivity index (χ3v) is 7.10. The number of alkyl halides is 1. The Morgan fingerprint density at radius 2 is 1.50 bits per heavy atom. The van der Waals surface area contributed by atoms with Crippen LogP contribution in [0.3, 0.4) is 0 Å². The van der Waals surface area contributed by atoms with Gasteiger partial charge in [0.05, 0.1) is 5.92 Å². The van der Waals surface area contributed by atoms with Crippen LogP contribution in [0, 0.1) is 5.92 Å². The summed E-state index contributed by atoms with van der Waals surface area (Å²) in [5.74, 6) is 0.0571. The lowest BCUT2D eigenvalue weighted by molar-refractivity contribution is -0.142. The van der Waals surface area contributed by atoms with Gasteiger partial charge in [0.1, 0.15) is 0 Å². The number of hydrogen-bond acceptors (Lipinski definition) is 2. The normalized spacial score (nSPS) is 15.0. The number of thiol groups is 1. The molecule has 0 saturated carbocycles. The molecule has 0 saturated heterocycles. The van der Waals surface area contributed by atoms with E-state index in [2.05, 4.69) is 54.6 Å². The first kappa shape index (κ1) is 28.0. The van der Waals surface area contributed by atoms with E-state index in [1.807, 2.05) is 0 Å². The van der Waals surface area contributed by atoms with Crippen LogP contribution < -0.4 is 0 Å². The topological polar surface area (TPSA) is 37.3 Å². The van der Waals surface area contributed by atoms with Gasteiger partial charge in [0.25, 0.3) is 0 Å². The SMILES string of the molecule is CCCCCCCC/C=C\CCC[C@@](Br)(CCCS)CC[C@H](CCC)C(=O)O. The number of rotatable bonds is 20. The van der Waals surface area contributed by atoms with E-state index in [-0.39, 0.29) is 10.2 Å². The second-order valence-electron chi connectivity index (χ2n) is 8.26. The fourth-order valence-electron chi connectivity index (χ4n) is 3.76. The number of hydrogen-bond donors (Lipinski definition) is 2. The first-order chi connectivity index (χ1) is 13.5. The first-order valence-corrected chi connectivity index (χ1v) is 13.1. The molecular weight excluding hydrogens is 432 g/mol. The van der Waals surface area contributed by atoms with Crippen molar-refractivity contribution in [3.63, 3.8) is 0 Å². The molecule has 0 aliphatic carbocycles. The molecule has 2 nitrogen and oxygen atoms in total.